The number of aryl methyl sites for hydroxylation is 1. The van der Waals surface area contributed by atoms with Crippen molar-refractivity contribution in [2.24, 2.45) is 0 Å². The molecule has 1 aliphatic rings. The smallest absolute Gasteiger partial charge is 0.272 e. The van der Waals surface area contributed by atoms with Crippen molar-refractivity contribution in [3.8, 4) is 0 Å². The van der Waals surface area contributed by atoms with Crippen LogP contribution in [0.2, 0.25) is 0 Å². The summed E-state index contributed by atoms with van der Waals surface area (Å²) in [7, 11) is 0. The van der Waals surface area contributed by atoms with Crippen LogP contribution in [-0.2, 0) is 0 Å². The number of carbonyl (C=O) groups excluding carboxylic acids is 1. The van der Waals surface area contributed by atoms with E-state index in [0.717, 1.165) is 31.7 Å². The molecule has 0 spiro atoms. The fourth-order valence-corrected chi connectivity index (χ4v) is 3.30. The SMILES string of the molecule is CCCCCNc1nc(C)cc(C(=O)N2CCN(c3ccccc3)CC2)n1. The summed E-state index contributed by atoms with van der Waals surface area (Å²) in [5, 5.41) is 3.25. The van der Waals surface area contributed by atoms with Crippen LogP contribution in [0.25, 0.3) is 0 Å². The molecule has 2 aromatic rings. The van der Waals surface area contributed by atoms with Gasteiger partial charge in [0.2, 0.25) is 5.95 Å². The number of piperazine rings is 1. The van der Waals surface area contributed by atoms with Crippen LogP contribution in [0.1, 0.15) is 42.4 Å². The van der Waals surface area contributed by atoms with Crippen LogP contribution in [-0.4, -0.2) is 53.5 Å². The van der Waals surface area contributed by atoms with E-state index in [4.69, 9.17) is 0 Å². The zero-order valence-corrected chi connectivity index (χ0v) is 16.3. The molecule has 2 heterocycles. The lowest BCUT2D eigenvalue weighted by Gasteiger charge is -2.36. The molecule has 6 nitrogen and oxygen atoms in total. The summed E-state index contributed by atoms with van der Waals surface area (Å²) in [5.74, 6) is 0.544. The molecule has 1 aliphatic heterocycles. The molecule has 0 saturated carbocycles. The Hall–Kier alpha value is -2.63. The van der Waals surface area contributed by atoms with Crippen molar-refractivity contribution in [2.75, 3.05) is 42.9 Å². The van der Waals surface area contributed by atoms with Crippen LogP contribution in [0.5, 0.6) is 0 Å². The van der Waals surface area contributed by atoms with Crippen molar-refractivity contribution in [1.29, 1.82) is 0 Å². The van der Waals surface area contributed by atoms with Crippen molar-refractivity contribution in [3.05, 3.63) is 47.8 Å². The topological polar surface area (TPSA) is 61.4 Å². The van der Waals surface area contributed by atoms with Gasteiger partial charge in [-0.05, 0) is 31.5 Å². The quantitative estimate of drug-likeness (QED) is 0.761. The Bertz CT molecular complexity index is 741. The number of nitrogens with zero attached hydrogens (tertiary/aromatic N) is 4. The van der Waals surface area contributed by atoms with Crippen LogP contribution >= 0.6 is 0 Å². The Kier molecular flexibility index (Phi) is 6.63. The lowest BCUT2D eigenvalue weighted by atomic mass is 10.2. The highest BCUT2D eigenvalue weighted by Crippen LogP contribution is 2.17. The molecule has 0 radical (unpaired) electrons. The summed E-state index contributed by atoms with van der Waals surface area (Å²) in [6.45, 7) is 8.00. The van der Waals surface area contributed by atoms with Crippen LogP contribution < -0.4 is 10.2 Å². The highest BCUT2D eigenvalue weighted by molar-refractivity contribution is 5.92. The molecule has 144 valence electrons. The van der Waals surface area contributed by atoms with Crippen LogP contribution in [0.15, 0.2) is 36.4 Å². The molecule has 0 unspecified atom stereocenters. The first-order chi connectivity index (χ1) is 13.2. The maximum atomic E-state index is 12.9. The van der Waals surface area contributed by atoms with E-state index in [1.165, 1.54) is 18.5 Å². The second-order valence-corrected chi connectivity index (χ2v) is 6.97. The van der Waals surface area contributed by atoms with Gasteiger partial charge in [-0.25, -0.2) is 9.97 Å². The van der Waals surface area contributed by atoms with Gasteiger partial charge in [-0.3, -0.25) is 4.79 Å². The Labute approximate surface area is 161 Å². The number of para-hydroxylation sites is 1. The summed E-state index contributed by atoms with van der Waals surface area (Å²) >= 11 is 0. The van der Waals surface area contributed by atoms with E-state index in [0.29, 0.717) is 24.7 Å². The monoisotopic (exact) mass is 367 g/mol. The predicted octanol–water partition coefficient (Wildman–Crippen LogP) is 3.35. The Morgan fingerprint density at radius 1 is 1.07 bits per heavy atom. The van der Waals surface area contributed by atoms with Crippen molar-refractivity contribution in [1.82, 2.24) is 14.9 Å². The number of rotatable bonds is 7. The normalized spacial score (nSPS) is 14.3. The summed E-state index contributed by atoms with van der Waals surface area (Å²) < 4.78 is 0. The average molecular weight is 367 g/mol. The number of unbranched alkanes of at least 4 members (excludes halogenated alkanes) is 2. The summed E-state index contributed by atoms with van der Waals surface area (Å²) in [5.41, 5.74) is 2.50. The first kappa shape index (κ1) is 19.1. The van der Waals surface area contributed by atoms with Crippen molar-refractivity contribution in [3.63, 3.8) is 0 Å². The van der Waals surface area contributed by atoms with Gasteiger partial charge >= 0.3 is 0 Å². The number of carbonyl (C=O) groups is 1. The number of hydrogen-bond acceptors (Lipinski definition) is 5. The standard InChI is InChI=1S/C21H29N5O/c1-3-4-8-11-22-21-23-17(2)16-19(24-21)20(27)26-14-12-25(13-15-26)18-9-6-5-7-10-18/h5-7,9-10,16H,3-4,8,11-15H2,1-2H3,(H,22,23,24). The molecule has 0 aliphatic carbocycles. The first-order valence-corrected chi connectivity index (χ1v) is 9.86. The van der Waals surface area contributed by atoms with Crippen molar-refractivity contribution >= 4 is 17.5 Å². The molecule has 1 saturated heterocycles. The fourth-order valence-electron chi connectivity index (χ4n) is 3.30. The Morgan fingerprint density at radius 3 is 2.52 bits per heavy atom. The first-order valence-electron chi connectivity index (χ1n) is 9.86. The molecule has 3 rings (SSSR count). The number of benzene rings is 1. The van der Waals surface area contributed by atoms with E-state index in [-0.39, 0.29) is 5.91 Å². The van der Waals surface area contributed by atoms with Gasteiger partial charge in [0, 0.05) is 44.1 Å². The Morgan fingerprint density at radius 2 is 1.81 bits per heavy atom. The van der Waals surface area contributed by atoms with E-state index in [1.807, 2.05) is 30.0 Å². The Balaban J connectivity index is 1.60. The van der Waals surface area contributed by atoms with E-state index in [1.54, 1.807) is 6.07 Å². The third-order valence-corrected chi connectivity index (χ3v) is 4.83. The van der Waals surface area contributed by atoms with Gasteiger partial charge in [-0.2, -0.15) is 0 Å². The van der Waals surface area contributed by atoms with E-state index >= 15 is 0 Å². The lowest BCUT2D eigenvalue weighted by molar-refractivity contribution is 0.0740. The average Bonchev–Trinajstić information content (AvgIpc) is 2.71. The molecule has 0 atom stereocenters. The minimum atomic E-state index is -0.00943. The van der Waals surface area contributed by atoms with E-state index in [9.17, 15) is 4.79 Å². The molecule has 1 amide bonds. The molecule has 1 fully saturated rings. The lowest BCUT2D eigenvalue weighted by Crippen LogP contribution is -2.49. The third kappa shape index (κ3) is 5.18. The minimum Gasteiger partial charge on any atom is -0.368 e. The number of aromatic nitrogens is 2. The van der Waals surface area contributed by atoms with Crippen molar-refractivity contribution in [2.45, 2.75) is 33.1 Å². The van der Waals surface area contributed by atoms with Gasteiger partial charge in [-0.1, -0.05) is 38.0 Å². The second-order valence-electron chi connectivity index (χ2n) is 6.97. The molecule has 1 N–H and O–H groups in total. The molecule has 0 bridgehead atoms. The maximum Gasteiger partial charge on any atom is 0.272 e. The molecule has 27 heavy (non-hydrogen) atoms. The highest BCUT2D eigenvalue weighted by atomic mass is 16.2. The number of amides is 1. The summed E-state index contributed by atoms with van der Waals surface area (Å²) in [6.07, 6.45) is 3.43. The fraction of sp³-hybridized carbons (Fsp3) is 0.476. The van der Waals surface area contributed by atoms with Gasteiger partial charge in [0.1, 0.15) is 5.69 Å². The van der Waals surface area contributed by atoms with E-state index < -0.39 is 0 Å². The van der Waals surface area contributed by atoms with Gasteiger partial charge in [-0.15, -0.1) is 0 Å². The predicted molar refractivity (Wildman–Crippen MR) is 109 cm³/mol. The number of hydrogen-bond donors (Lipinski definition) is 1. The van der Waals surface area contributed by atoms with Crippen LogP contribution in [0.4, 0.5) is 11.6 Å². The van der Waals surface area contributed by atoms with Crippen molar-refractivity contribution < 1.29 is 4.79 Å². The minimum absolute atomic E-state index is 0.00943. The molecule has 6 heteroatoms. The van der Waals surface area contributed by atoms with Gasteiger partial charge in [0.05, 0.1) is 0 Å². The second kappa shape index (κ2) is 9.35. The summed E-state index contributed by atoms with van der Waals surface area (Å²) in [4.78, 5) is 26.0. The van der Waals surface area contributed by atoms with Crippen LogP contribution in [0.3, 0.4) is 0 Å². The zero-order chi connectivity index (χ0) is 19.1. The summed E-state index contributed by atoms with van der Waals surface area (Å²) in [6, 6.07) is 12.1. The van der Waals surface area contributed by atoms with Gasteiger partial charge in [0.15, 0.2) is 0 Å². The number of anilines is 2. The number of nitrogens with one attached hydrogen (secondary N) is 1. The zero-order valence-electron chi connectivity index (χ0n) is 16.3. The largest absolute Gasteiger partial charge is 0.368 e. The molecule has 1 aromatic carbocycles. The van der Waals surface area contributed by atoms with Gasteiger partial charge in [0.25, 0.3) is 5.91 Å². The van der Waals surface area contributed by atoms with Crippen LogP contribution in [0, 0.1) is 6.92 Å². The van der Waals surface area contributed by atoms with E-state index in [2.05, 4.69) is 39.2 Å². The highest BCUT2D eigenvalue weighted by Gasteiger charge is 2.23. The third-order valence-electron chi connectivity index (χ3n) is 4.83. The maximum absolute atomic E-state index is 12.9. The van der Waals surface area contributed by atoms with Gasteiger partial charge < -0.3 is 15.1 Å². The molecular formula is C21H29N5O. The molecule has 1 aromatic heterocycles. The molecular weight excluding hydrogens is 338 g/mol.